The summed E-state index contributed by atoms with van der Waals surface area (Å²) in [6.07, 6.45) is 7.83. The first-order valence-electron chi connectivity index (χ1n) is 8.73. The molecule has 0 aliphatic heterocycles. The van der Waals surface area contributed by atoms with Crippen molar-refractivity contribution in [2.75, 3.05) is 5.32 Å². The molecule has 1 aromatic rings. The highest BCUT2D eigenvalue weighted by Crippen LogP contribution is 2.66. The second kappa shape index (κ2) is 5.49. The largest absolute Gasteiger partial charge is 0.357 e. The Bertz CT molecular complexity index is 687. The Balaban J connectivity index is 1.51. The normalized spacial score (nSPS) is 39.8. The maximum Gasteiger partial charge on any atom is 0.171 e. The zero-order chi connectivity index (χ0) is 17.2. The Kier molecular flexibility index (Phi) is 3.87. The number of nitrogens with one attached hydrogen (secondary N) is 2. The van der Waals surface area contributed by atoms with E-state index in [0.717, 1.165) is 11.6 Å². The van der Waals surface area contributed by atoms with Crippen molar-refractivity contribution < 1.29 is 0 Å². The lowest BCUT2D eigenvalue weighted by molar-refractivity contribution is -0.111. The predicted molar refractivity (Wildman–Crippen MR) is 106 cm³/mol. The molecule has 4 fully saturated rings. The smallest absolute Gasteiger partial charge is 0.171 e. The average molecular weight is 383 g/mol. The van der Waals surface area contributed by atoms with Crippen LogP contribution in [0.4, 0.5) is 5.69 Å². The van der Waals surface area contributed by atoms with Crippen LogP contribution in [0.25, 0.3) is 0 Å². The van der Waals surface area contributed by atoms with Gasteiger partial charge < -0.3 is 10.6 Å². The van der Waals surface area contributed by atoms with Crippen LogP contribution in [0.15, 0.2) is 18.2 Å². The molecule has 1 aromatic carbocycles. The van der Waals surface area contributed by atoms with E-state index in [9.17, 15) is 0 Å². The molecule has 4 atom stereocenters. The van der Waals surface area contributed by atoms with E-state index in [0.29, 0.717) is 26.0 Å². The van der Waals surface area contributed by atoms with Crippen LogP contribution >= 0.6 is 35.4 Å². The Morgan fingerprint density at radius 3 is 2.33 bits per heavy atom. The predicted octanol–water partition coefficient (Wildman–Crippen LogP) is 6.03. The van der Waals surface area contributed by atoms with E-state index < -0.39 is 0 Å². The van der Waals surface area contributed by atoms with E-state index in [-0.39, 0.29) is 5.54 Å². The monoisotopic (exact) mass is 382 g/mol. The maximum absolute atomic E-state index is 6.26. The minimum atomic E-state index is 0.145. The Morgan fingerprint density at radius 1 is 1.08 bits per heavy atom. The van der Waals surface area contributed by atoms with Crippen LogP contribution in [-0.2, 0) is 0 Å². The molecule has 24 heavy (non-hydrogen) atoms. The van der Waals surface area contributed by atoms with Gasteiger partial charge in [-0.25, -0.2) is 0 Å². The molecule has 0 heterocycles. The summed E-state index contributed by atoms with van der Waals surface area (Å²) in [5.74, 6) is 0.839. The van der Waals surface area contributed by atoms with Gasteiger partial charge in [0.15, 0.2) is 5.11 Å². The molecular formula is C19H24Cl2N2S. The summed E-state index contributed by atoms with van der Waals surface area (Å²) >= 11 is 17.9. The van der Waals surface area contributed by atoms with E-state index in [4.69, 9.17) is 35.4 Å². The molecular weight excluding hydrogens is 359 g/mol. The molecule has 2 N–H and O–H groups in total. The van der Waals surface area contributed by atoms with Crippen LogP contribution in [0.1, 0.15) is 52.4 Å². The van der Waals surface area contributed by atoms with Gasteiger partial charge in [-0.15, -0.1) is 0 Å². The highest BCUT2D eigenvalue weighted by atomic mass is 35.5. The average Bonchev–Trinajstić information content (AvgIpc) is 2.37. The van der Waals surface area contributed by atoms with Gasteiger partial charge in [-0.1, -0.05) is 37.0 Å². The molecule has 0 spiro atoms. The van der Waals surface area contributed by atoms with Gasteiger partial charge in [-0.3, -0.25) is 0 Å². The zero-order valence-corrected chi connectivity index (χ0v) is 16.5. The fourth-order valence-corrected chi connectivity index (χ4v) is 7.35. The van der Waals surface area contributed by atoms with Crippen molar-refractivity contribution >= 4 is 46.2 Å². The first-order valence-corrected chi connectivity index (χ1v) is 9.89. The third kappa shape index (κ3) is 3.04. The minimum absolute atomic E-state index is 0.145. The zero-order valence-electron chi connectivity index (χ0n) is 14.2. The van der Waals surface area contributed by atoms with Crippen molar-refractivity contribution in [2.24, 2.45) is 16.7 Å². The molecule has 0 radical (unpaired) electrons. The van der Waals surface area contributed by atoms with Crippen LogP contribution in [0.2, 0.25) is 10.0 Å². The number of benzene rings is 1. The van der Waals surface area contributed by atoms with E-state index in [1.54, 1.807) is 6.07 Å². The minimum Gasteiger partial charge on any atom is -0.357 e. The molecule has 4 bridgehead atoms. The van der Waals surface area contributed by atoms with E-state index in [1.165, 1.54) is 38.5 Å². The van der Waals surface area contributed by atoms with Crippen LogP contribution < -0.4 is 10.6 Å². The van der Waals surface area contributed by atoms with Crippen LogP contribution in [0.5, 0.6) is 0 Å². The molecule has 5 rings (SSSR count). The lowest BCUT2D eigenvalue weighted by atomic mass is 9.43. The Morgan fingerprint density at radius 2 is 1.75 bits per heavy atom. The molecule has 4 aliphatic carbocycles. The van der Waals surface area contributed by atoms with Gasteiger partial charge in [0.1, 0.15) is 0 Å². The summed E-state index contributed by atoms with van der Waals surface area (Å²) in [6.45, 7) is 4.94. The van der Waals surface area contributed by atoms with Gasteiger partial charge >= 0.3 is 0 Å². The molecule has 5 heteroatoms. The fraction of sp³-hybridized carbons (Fsp3) is 0.632. The number of hydrogen-bond donors (Lipinski definition) is 2. The van der Waals surface area contributed by atoms with Crippen molar-refractivity contribution in [3.8, 4) is 0 Å². The number of anilines is 1. The molecule has 130 valence electrons. The summed E-state index contributed by atoms with van der Waals surface area (Å²) in [6, 6.07) is 5.44. The van der Waals surface area contributed by atoms with Crippen molar-refractivity contribution in [3.63, 3.8) is 0 Å². The lowest BCUT2D eigenvalue weighted by Crippen LogP contribution is -2.65. The number of rotatable bonds is 2. The maximum atomic E-state index is 6.26. The van der Waals surface area contributed by atoms with Crippen molar-refractivity contribution in [1.82, 2.24) is 5.32 Å². The first-order chi connectivity index (χ1) is 11.2. The van der Waals surface area contributed by atoms with Gasteiger partial charge in [0.05, 0.1) is 10.7 Å². The van der Waals surface area contributed by atoms with Gasteiger partial charge in [-0.2, -0.15) is 0 Å². The highest BCUT2D eigenvalue weighted by Gasteiger charge is 2.60. The standard InChI is InChI=1S/C19H24Cl2N2S/c1-17-6-12-7-18(2,9-17)11-19(8-12,10-17)23-16(24)22-15-4-3-13(20)5-14(15)21/h3-5,12H,6-11H2,1-2H3,(H2,22,23,24)/t12?,17-,18+,19?. The van der Waals surface area contributed by atoms with Crippen LogP contribution in [0.3, 0.4) is 0 Å². The Hall–Kier alpha value is -0.510. The molecule has 0 aromatic heterocycles. The molecule has 0 amide bonds. The van der Waals surface area contributed by atoms with E-state index in [1.807, 2.05) is 12.1 Å². The Labute approximate surface area is 159 Å². The topological polar surface area (TPSA) is 24.1 Å². The highest BCUT2D eigenvalue weighted by molar-refractivity contribution is 7.80. The summed E-state index contributed by atoms with van der Waals surface area (Å²) in [7, 11) is 0. The summed E-state index contributed by atoms with van der Waals surface area (Å²) in [5, 5.41) is 8.86. The summed E-state index contributed by atoms with van der Waals surface area (Å²) < 4.78 is 0. The first kappa shape index (κ1) is 16.9. The summed E-state index contributed by atoms with van der Waals surface area (Å²) in [5.41, 5.74) is 1.88. The molecule has 0 saturated heterocycles. The van der Waals surface area contributed by atoms with Crippen LogP contribution in [0, 0.1) is 16.7 Å². The summed E-state index contributed by atoms with van der Waals surface area (Å²) in [4.78, 5) is 0. The van der Waals surface area contributed by atoms with Gasteiger partial charge in [-0.05, 0) is 85.7 Å². The molecule has 4 saturated carbocycles. The SMILES string of the molecule is C[C@]12CC3CC(NC(=S)Nc4ccc(Cl)cc4Cl)(C1)C[C@@](C)(C3)C2. The third-order valence-electron chi connectivity index (χ3n) is 6.18. The molecule has 2 unspecified atom stereocenters. The van der Waals surface area contributed by atoms with Crippen molar-refractivity contribution in [3.05, 3.63) is 28.2 Å². The van der Waals surface area contributed by atoms with Crippen molar-refractivity contribution in [1.29, 1.82) is 0 Å². The second-order valence-corrected chi connectivity index (χ2v) is 10.4. The van der Waals surface area contributed by atoms with E-state index in [2.05, 4.69) is 24.5 Å². The van der Waals surface area contributed by atoms with Gasteiger partial charge in [0.2, 0.25) is 0 Å². The molecule has 4 aliphatic rings. The van der Waals surface area contributed by atoms with Crippen LogP contribution in [-0.4, -0.2) is 10.7 Å². The lowest BCUT2D eigenvalue weighted by Gasteiger charge is -2.65. The van der Waals surface area contributed by atoms with Crippen molar-refractivity contribution in [2.45, 2.75) is 57.9 Å². The van der Waals surface area contributed by atoms with Gasteiger partial charge in [0.25, 0.3) is 0 Å². The fourth-order valence-electron chi connectivity index (χ4n) is 6.57. The third-order valence-corrected chi connectivity index (χ3v) is 6.94. The quantitative estimate of drug-likeness (QED) is 0.610. The second-order valence-electron chi connectivity index (χ2n) is 9.11. The van der Waals surface area contributed by atoms with E-state index >= 15 is 0 Å². The molecule has 2 nitrogen and oxygen atoms in total. The number of thiocarbonyl (C=S) groups is 1. The van der Waals surface area contributed by atoms with Gasteiger partial charge in [0, 0.05) is 10.6 Å². The number of hydrogen-bond acceptors (Lipinski definition) is 1. The number of halogens is 2.